The highest BCUT2D eigenvalue weighted by Crippen LogP contribution is 2.19. The summed E-state index contributed by atoms with van der Waals surface area (Å²) in [6.45, 7) is 8.16. The number of nitrogens with one attached hydrogen (secondary N) is 1. The second-order valence-electron chi connectivity index (χ2n) is 4.52. The van der Waals surface area contributed by atoms with Crippen molar-refractivity contribution in [2.45, 2.75) is 26.3 Å². The lowest BCUT2D eigenvalue weighted by Crippen LogP contribution is -2.49. The molecule has 0 amide bonds. The van der Waals surface area contributed by atoms with E-state index in [0.717, 1.165) is 32.8 Å². The molecule has 0 aromatic rings. The molecule has 1 N–H and O–H groups in total. The highest BCUT2D eigenvalue weighted by molar-refractivity contribution is 4.78. The number of hydrogen-bond donors (Lipinski definition) is 1. The van der Waals surface area contributed by atoms with E-state index >= 15 is 0 Å². The molecule has 1 aliphatic heterocycles. The Kier molecular flexibility index (Phi) is 4.16. The van der Waals surface area contributed by atoms with Gasteiger partial charge in [-0.15, -0.1) is 0 Å². The van der Waals surface area contributed by atoms with Gasteiger partial charge in [-0.25, -0.2) is 0 Å². The van der Waals surface area contributed by atoms with E-state index < -0.39 is 0 Å². The molecule has 0 saturated carbocycles. The van der Waals surface area contributed by atoms with E-state index in [0.29, 0.717) is 11.5 Å². The SMILES string of the molecule is COCCC(C)(C)CNC1COC1. The molecule has 1 aliphatic rings. The van der Waals surface area contributed by atoms with Crippen LogP contribution in [0, 0.1) is 5.41 Å². The van der Waals surface area contributed by atoms with E-state index in [1.54, 1.807) is 7.11 Å². The molecule has 0 spiro atoms. The van der Waals surface area contributed by atoms with Gasteiger partial charge >= 0.3 is 0 Å². The zero-order valence-corrected chi connectivity index (χ0v) is 8.93. The van der Waals surface area contributed by atoms with Crippen LogP contribution in [0.5, 0.6) is 0 Å². The van der Waals surface area contributed by atoms with Gasteiger partial charge in [0.15, 0.2) is 0 Å². The van der Waals surface area contributed by atoms with Crippen LogP contribution in [0.2, 0.25) is 0 Å². The largest absolute Gasteiger partial charge is 0.385 e. The lowest BCUT2D eigenvalue weighted by atomic mass is 9.89. The van der Waals surface area contributed by atoms with Crippen LogP contribution in [0.25, 0.3) is 0 Å². The summed E-state index contributed by atoms with van der Waals surface area (Å²) in [5.41, 5.74) is 0.325. The standard InChI is InChI=1S/C10H21NO2/c1-10(2,4-5-12-3)8-11-9-6-13-7-9/h9,11H,4-8H2,1-3H3. The van der Waals surface area contributed by atoms with Crippen LogP contribution in [-0.4, -0.2) is 39.5 Å². The van der Waals surface area contributed by atoms with Gasteiger partial charge in [0.05, 0.1) is 19.3 Å². The molecule has 1 heterocycles. The van der Waals surface area contributed by atoms with E-state index in [4.69, 9.17) is 9.47 Å². The third-order valence-corrected chi connectivity index (χ3v) is 2.49. The van der Waals surface area contributed by atoms with Crippen molar-refractivity contribution in [1.82, 2.24) is 5.32 Å². The second kappa shape index (κ2) is 4.94. The molecule has 3 heteroatoms. The zero-order valence-electron chi connectivity index (χ0n) is 8.93. The van der Waals surface area contributed by atoms with Gasteiger partial charge in [-0.1, -0.05) is 13.8 Å². The molecular weight excluding hydrogens is 166 g/mol. The van der Waals surface area contributed by atoms with Gasteiger partial charge in [0.2, 0.25) is 0 Å². The molecule has 1 fully saturated rings. The molecule has 1 saturated heterocycles. The first-order valence-corrected chi connectivity index (χ1v) is 4.94. The van der Waals surface area contributed by atoms with Crippen molar-refractivity contribution < 1.29 is 9.47 Å². The third-order valence-electron chi connectivity index (χ3n) is 2.49. The topological polar surface area (TPSA) is 30.5 Å². The summed E-state index contributed by atoms with van der Waals surface area (Å²) in [6.07, 6.45) is 1.10. The van der Waals surface area contributed by atoms with Crippen LogP contribution in [-0.2, 0) is 9.47 Å². The monoisotopic (exact) mass is 187 g/mol. The maximum absolute atomic E-state index is 5.09. The van der Waals surface area contributed by atoms with Gasteiger partial charge in [0.1, 0.15) is 0 Å². The van der Waals surface area contributed by atoms with Crippen molar-refractivity contribution in [3.8, 4) is 0 Å². The van der Waals surface area contributed by atoms with Crippen molar-refractivity contribution in [3.05, 3.63) is 0 Å². The molecule has 78 valence electrons. The Morgan fingerprint density at radius 2 is 2.15 bits per heavy atom. The minimum atomic E-state index is 0.325. The van der Waals surface area contributed by atoms with E-state index in [1.165, 1.54) is 0 Å². The minimum Gasteiger partial charge on any atom is -0.385 e. The van der Waals surface area contributed by atoms with Gasteiger partial charge in [-0.05, 0) is 11.8 Å². The number of ether oxygens (including phenoxy) is 2. The third kappa shape index (κ3) is 4.07. The molecular formula is C10H21NO2. The maximum Gasteiger partial charge on any atom is 0.0643 e. The first kappa shape index (κ1) is 11.0. The number of hydrogen-bond acceptors (Lipinski definition) is 3. The molecule has 0 aromatic heterocycles. The van der Waals surface area contributed by atoms with Crippen molar-refractivity contribution in [2.24, 2.45) is 5.41 Å². The van der Waals surface area contributed by atoms with E-state index in [-0.39, 0.29) is 0 Å². The highest BCUT2D eigenvalue weighted by atomic mass is 16.5. The lowest BCUT2D eigenvalue weighted by Gasteiger charge is -2.32. The van der Waals surface area contributed by atoms with Crippen molar-refractivity contribution in [3.63, 3.8) is 0 Å². The summed E-state index contributed by atoms with van der Waals surface area (Å²) < 4.78 is 10.2. The molecule has 1 rings (SSSR count). The smallest absolute Gasteiger partial charge is 0.0643 e. The van der Waals surface area contributed by atoms with Gasteiger partial charge in [0.25, 0.3) is 0 Å². The summed E-state index contributed by atoms with van der Waals surface area (Å²) in [5, 5.41) is 3.49. The fourth-order valence-electron chi connectivity index (χ4n) is 1.24. The average molecular weight is 187 g/mol. The Labute approximate surface area is 80.8 Å². The summed E-state index contributed by atoms with van der Waals surface area (Å²) in [6, 6.07) is 0.585. The predicted molar refractivity (Wildman–Crippen MR) is 52.9 cm³/mol. The molecule has 0 atom stereocenters. The second-order valence-corrected chi connectivity index (χ2v) is 4.52. The molecule has 13 heavy (non-hydrogen) atoms. The molecule has 0 unspecified atom stereocenters. The van der Waals surface area contributed by atoms with Gasteiger partial charge < -0.3 is 14.8 Å². The first-order chi connectivity index (χ1) is 6.14. The molecule has 0 aliphatic carbocycles. The van der Waals surface area contributed by atoms with Gasteiger partial charge in [-0.2, -0.15) is 0 Å². The first-order valence-electron chi connectivity index (χ1n) is 4.94. The normalized spacial score (nSPS) is 18.7. The fourth-order valence-corrected chi connectivity index (χ4v) is 1.24. The fraction of sp³-hybridized carbons (Fsp3) is 1.00. The summed E-state index contributed by atoms with van der Waals surface area (Å²) in [5.74, 6) is 0. The van der Waals surface area contributed by atoms with Crippen LogP contribution in [0.1, 0.15) is 20.3 Å². The number of rotatable bonds is 6. The number of methoxy groups -OCH3 is 1. The Bertz CT molecular complexity index is 144. The molecule has 0 bridgehead atoms. The maximum atomic E-state index is 5.09. The summed E-state index contributed by atoms with van der Waals surface area (Å²) >= 11 is 0. The average Bonchev–Trinajstić information content (AvgIpc) is 1.98. The molecule has 0 radical (unpaired) electrons. The van der Waals surface area contributed by atoms with E-state index in [2.05, 4.69) is 19.2 Å². The quantitative estimate of drug-likeness (QED) is 0.674. The van der Waals surface area contributed by atoms with E-state index in [9.17, 15) is 0 Å². The van der Waals surface area contributed by atoms with Gasteiger partial charge in [0, 0.05) is 20.3 Å². The molecule has 0 aromatic carbocycles. The molecule has 3 nitrogen and oxygen atoms in total. The van der Waals surface area contributed by atoms with Crippen LogP contribution in [0.3, 0.4) is 0 Å². The highest BCUT2D eigenvalue weighted by Gasteiger charge is 2.22. The Hall–Kier alpha value is -0.120. The Morgan fingerprint density at radius 3 is 2.62 bits per heavy atom. The van der Waals surface area contributed by atoms with Gasteiger partial charge in [-0.3, -0.25) is 0 Å². The predicted octanol–water partition coefficient (Wildman–Crippen LogP) is 1.04. The van der Waals surface area contributed by atoms with Crippen LogP contribution >= 0.6 is 0 Å². The summed E-state index contributed by atoms with van der Waals surface area (Å²) in [4.78, 5) is 0. The van der Waals surface area contributed by atoms with Crippen LogP contribution in [0.4, 0.5) is 0 Å². The van der Waals surface area contributed by atoms with Crippen molar-refractivity contribution in [2.75, 3.05) is 33.5 Å². The van der Waals surface area contributed by atoms with Crippen molar-refractivity contribution >= 4 is 0 Å². The summed E-state index contributed by atoms with van der Waals surface area (Å²) in [7, 11) is 1.75. The van der Waals surface area contributed by atoms with Crippen LogP contribution in [0.15, 0.2) is 0 Å². The Balaban J connectivity index is 2.08. The Morgan fingerprint density at radius 1 is 1.46 bits per heavy atom. The van der Waals surface area contributed by atoms with E-state index in [1.807, 2.05) is 0 Å². The van der Waals surface area contributed by atoms with Crippen molar-refractivity contribution in [1.29, 1.82) is 0 Å². The van der Waals surface area contributed by atoms with Crippen LogP contribution < -0.4 is 5.32 Å². The lowest BCUT2D eigenvalue weighted by molar-refractivity contribution is -0.00954. The minimum absolute atomic E-state index is 0.325. The zero-order chi connectivity index (χ0) is 9.73.